The molecule has 0 spiro atoms. The van der Waals surface area contributed by atoms with E-state index in [1.807, 2.05) is 18.2 Å². The van der Waals surface area contributed by atoms with Gasteiger partial charge in [0.2, 0.25) is 0 Å². The van der Waals surface area contributed by atoms with Crippen molar-refractivity contribution in [2.24, 2.45) is 5.73 Å². The fraction of sp³-hybridized carbons (Fsp3) is 0.111. The molecule has 1 aromatic heterocycles. The molecule has 3 rings (SSSR count). The van der Waals surface area contributed by atoms with Gasteiger partial charge in [0.15, 0.2) is 0 Å². The summed E-state index contributed by atoms with van der Waals surface area (Å²) in [5, 5.41) is 18.4. The number of hydrogen-bond acceptors (Lipinski definition) is 5. The number of nitrogens with two attached hydrogens (primary N) is 1. The highest BCUT2D eigenvalue weighted by Gasteiger charge is 2.11. The van der Waals surface area contributed by atoms with Crippen LogP contribution in [0.15, 0.2) is 69.9 Å². The van der Waals surface area contributed by atoms with Crippen LogP contribution in [-0.2, 0) is 11.2 Å². The van der Waals surface area contributed by atoms with Gasteiger partial charge in [-0.2, -0.15) is 0 Å². The van der Waals surface area contributed by atoms with Crippen LogP contribution in [-0.4, -0.2) is 22.2 Å². The number of carboxylic acids is 1. The number of hydrogen-bond donors (Lipinski definition) is 3. The number of aromatic hydroxyl groups is 1. The first-order valence-corrected chi connectivity index (χ1v) is 7.21. The fourth-order valence-electron chi connectivity index (χ4n) is 1.98. The van der Waals surface area contributed by atoms with Crippen molar-refractivity contribution in [1.29, 1.82) is 0 Å². The summed E-state index contributed by atoms with van der Waals surface area (Å²) in [6, 6.07) is 16.0. The average molecular weight is 327 g/mol. The molecule has 0 bridgehead atoms. The lowest BCUT2D eigenvalue weighted by Gasteiger charge is -2.05. The van der Waals surface area contributed by atoms with Gasteiger partial charge in [0.1, 0.15) is 17.4 Å². The average Bonchev–Trinajstić information content (AvgIpc) is 2.57. The summed E-state index contributed by atoms with van der Waals surface area (Å²) in [5.41, 5.74) is 6.46. The molecular weight excluding hydrogens is 310 g/mol. The third kappa shape index (κ3) is 4.96. The number of para-hydroxylation sites is 1. The lowest BCUT2D eigenvalue weighted by molar-refractivity contribution is -0.138. The second-order valence-electron chi connectivity index (χ2n) is 5.11. The number of fused-ring (bicyclic) bond motifs is 1. The Balaban J connectivity index is 0.000000175. The highest BCUT2D eigenvalue weighted by atomic mass is 16.4. The molecule has 0 aliphatic rings. The van der Waals surface area contributed by atoms with Crippen LogP contribution in [0.1, 0.15) is 5.56 Å². The van der Waals surface area contributed by atoms with Crippen molar-refractivity contribution in [3.63, 3.8) is 0 Å². The number of phenols is 1. The van der Waals surface area contributed by atoms with E-state index in [-0.39, 0.29) is 17.8 Å². The fourth-order valence-corrected chi connectivity index (χ4v) is 1.98. The third-order valence-electron chi connectivity index (χ3n) is 3.24. The Morgan fingerprint density at radius 1 is 1.04 bits per heavy atom. The maximum Gasteiger partial charge on any atom is 0.336 e. The first kappa shape index (κ1) is 17.2. The Bertz CT molecular complexity index is 870. The van der Waals surface area contributed by atoms with Gasteiger partial charge in [0, 0.05) is 11.5 Å². The van der Waals surface area contributed by atoms with Gasteiger partial charge in [-0.1, -0.05) is 30.3 Å². The molecule has 0 saturated carbocycles. The maximum atomic E-state index is 10.7. The van der Waals surface area contributed by atoms with Crippen LogP contribution in [0.2, 0.25) is 0 Å². The molecule has 1 atom stereocenters. The minimum absolute atomic E-state index is 0.160. The van der Waals surface area contributed by atoms with Crippen LogP contribution >= 0.6 is 0 Å². The molecule has 0 fully saturated rings. The van der Waals surface area contributed by atoms with Crippen molar-refractivity contribution in [3.05, 3.63) is 76.6 Å². The van der Waals surface area contributed by atoms with E-state index in [1.165, 1.54) is 18.2 Å². The number of carboxylic acid groups (broad SMARTS) is 1. The number of aliphatic carboxylic acids is 1. The van der Waals surface area contributed by atoms with Crippen molar-refractivity contribution in [2.45, 2.75) is 12.5 Å². The zero-order valence-corrected chi connectivity index (χ0v) is 12.8. The Hall–Kier alpha value is -3.12. The van der Waals surface area contributed by atoms with Gasteiger partial charge in [0.25, 0.3) is 0 Å². The van der Waals surface area contributed by atoms with Crippen molar-refractivity contribution >= 4 is 16.9 Å². The number of benzene rings is 2. The summed E-state index contributed by atoms with van der Waals surface area (Å²) in [7, 11) is 0. The Labute approximate surface area is 137 Å². The quantitative estimate of drug-likeness (QED) is 0.635. The van der Waals surface area contributed by atoms with E-state index in [1.54, 1.807) is 24.3 Å². The van der Waals surface area contributed by atoms with Crippen molar-refractivity contribution in [1.82, 2.24) is 0 Å². The number of rotatable bonds is 3. The molecule has 124 valence electrons. The highest BCUT2D eigenvalue weighted by Crippen LogP contribution is 2.11. The van der Waals surface area contributed by atoms with E-state index in [4.69, 9.17) is 20.4 Å². The van der Waals surface area contributed by atoms with Gasteiger partial charge >= 0.3 is 11.6 Å². The topological polar surface area (TPSA) is 114 Å². The van der Waals surface area contributed by atoms with Crippen molar-refractivity contribution < 1.29 is 19.4 Å². The zero-order valence-electron chi connectivity index (χ0n) is 12.8. The Morgan fingerprint density at radius 2 is 1.71 bits per heavy atom. The third-order valence-corrected chi connectivity index (χ3v) is 3.24. The molecule has 6 heteroatoms. The summed E-state index contributed by atoms with van der Waals surface area (Å²) in [4.78, 5) is 21.1. The SMILES string of the molecule is NC(Cc1ccc(O)cc1)C(=O)O.O=c1ccc2ccccc2o1. The van der Waals surface area contributed by atoms with E-state index in [9.17, 15) is 9.59 Å². The van der Waals surface area contributed by atoms with E-state index >= 15 is 0 Å². The molecule has 3 aromatic rings. The van der Waals surface area contributed by atoms with E-state index < -0.39 is 12.0 Å². The van der Waals surface area contributed by atoms with Crippen LogP contribution in [0.5, 0.6) is 5.75 Å². The van der Waals surface area contributed by atoms with E-state index in [2.05, 4.69) is 0 Å². The lowest BCUT2D eigenvalue weighted by Crippen LogP contribution is -2.32. The van der Waals surface area contributed by atoms with Gasteiger partial charge in [-0.05, 0) is 36.2 Å². The first-order valence-electron chi connectivity index (χ1n) is 7.21. The minimum atomic E-state index is -1.02. The molecule has 0 aliphatic heterocycles. The summed E-state index contributed by atoms with van der Waals surface area (Å²) >= 11 is 0. The van der Waals surface area contributed by atoms with Gasteiger partial charge in [0.05, 0.1) is 0 Å². The second-order valence-corrected chi connectivity index (χ2v) is 5.11. The molecular formula is C18H17NO5. The summed E-state index contributed by atoms with van der Waals surface area (Å²) in [6.45, 7) is 0. The highest BCUT2D eigenvalue weighted by molar-refractivity contribution is 5.75. The maximum absolute atomic E-state index is 10.7. The van der Waals surface area contributed by atoms with Gasteiger partial charge in [-0.15, -0.1) is 0 Å². The zero-order chi connectivity index (χ0) is 17.5. The molecule has 0 radical (unpaired) electrons. The smallest absolute Gasteiger partial charge is 0.336 e. The van der Waals surface area contributed by atoms with E-state index in [0.717, 1.165) is 10.9 Å². The molecule has 2 aromatic carbocycles. The molecule has 1 heterocycles. The predicted molar refractivity (Wildman–Crippen MR) is 89.9 cm³/mol. The molecule has 4 N–H and O–H groups in total. The molecule has 1 unspecified atom stereocenters. The largest absolute Gasteiger partial charge is 0.508 e. The standard InChI is InChI=1S/C9H11NO3.C9H6O2/c10-8(9(12)13)5-6-1-3-7(11)4-2-6;10-9-6-5-7-3-1-2-4-8(7)11-9/h1-4,8,11H,5,10H2,(H,12,13);1-6H. The van der Waals surface area contributed by atoms with Crippen LogP contribution in [0.25, 0.3) is 11.0 Å². The number of phenolic OH excluding ortho intramolecular Hbond substituents is 1. The van der Waals surface area contributed by atoms with Gasteiger partial charge in [-0.3, -0.25) is 4.79 Å². The minimum Gasteiger partial charge on any atom is -0.508 e. The van der Waals surface area contributed by atoms with Crippen molar-refractivity contribution in [3.8, 4) is 5.75 Å². The van der Waals surface area contributed by atoms with Crippen molar-refractivity contribution in [2.75, 3.05) is 0 Å². The molecule has 0 amide bonds. The molecule has 0 saturated heterocycles. The lowest BCUT2D eigenvalue weighted by atomic mass is 10.1. The first-order chi connectivity index (χ1) is 11.5. The number of carbonyl (C=O) groups is 1. The normalized spacial score (nSPS) is 11.4. The van der Waals surface area contributed by atoms with Crippen LogP contribution in [0.4, 0.5) is 0 Å². The summed E-state index contributed by atoms with van der Waals surface area (Å²) in [5.74, 6) is -0.860. The van der Waals surface area contributed by atoms with Crippen LogP contribution in [0, 0.1) is 0 Å². The van der Waals surface area contributed by atoms with Gasteiger partial charge in [-0.25, -0.2) is 4.79 Å². The molecule has 6 nitrogen and oxygen atoms in total. The summed E-state index contributed by atoms with van der Waals surface area (Å²) < 4.78 is 4.91. The Kier molecular flexibility index (Phi) is 5.70. The monoisotopic (exact) mass is 327 g/mol. The predicted octanol–water partition coefficient (Wildman–Crippen LogP) is 2.14. The molecule has 0 aliphatic carbocycles. The van der Waals surface area contributed by atoms with Gasteiger partial charge < -0.3 is 20.4 Å². The Morgan fingerprint density at radius 3 is 2.38 bits per heavy atom. The van der Waals surface area contributed by atoms with E-state index in [0.29, 0.717) is 5.58 Å². The summed E-state index contributed by atoms with van der Waals surface area (Å²) in [6.07, 6.45) is 0.273. The van der Waals surface area contributed by atoms with Crippen LogP contribution in [0.3, 0.4) is 0 Å². The molecule has 24 heavy (non-hydrogen) atoms. The second kappa shape index (κ2) is 7.94. The van der Waals surface area contributed by atoms with Crippen LogP contribution < -0.4 is 11.4 Å².